The molecule has 6 nitrogen and oxygen atoms in total. The summed E-state index contributed by atoms with van der Waals surface area (Å²) in [5.41, 5.74) is -0.986. The van der Waals surface area contributed by atoms with Crippen LogP contribution < -0.4 is 5.32 Å². The van der Waals surface area contributed by atoms with E-state index in [1.807, 2.05) is 25.8 Å². The molecule has 0 radical (unpaired) electrons. The molecular weight excluding hydrogens is 280 g/mol. The van der Waals surface area contributed by atoms with Gasteiger partial charge in [-0.1, -0.05) is 0 Å². The van der Waals surface area contributed by atoms with Gasteiger partial charge in [0.05, 0.1) is 11.5 Å². The average Bonchev–Trinajstić information content (AvgIpc) is 2.65. The third-order valence-electron chi connectivity index (χ3n) is 3.88. The Labute approximate surface area is 121 Å². The zero-order valence-corrected chi connectivity index (χ0v) is 13.5. The molecule has 1 aliphatic rings. The molecule has 1 rings (SSSR count). The second-order valence-corrected chi connectivity index (χ2v) is 8.45. The minimum Gasteiger partial charge on any atom is -0.480 e. The Bertz CT molecular complexity index is 449. The van der Waals surface area contributed by atoms with Crippen molar-refractivity contribution in [3.63, 3.8) is 0 Å². The third-order valence-corrected chi connectivity index (χ3v) is 5.63. The van der Waals surface area contributed by atoms with Crippen molar-refractivity contribution in [2.75, 3.05) is 25.1 Å². The molecule has 0 aromatic heterocycles. The first-order valence-corrected chi connectivity index (χ1v) is 8.79. The van der Waals surface area contributed by atoms with Crippen molar-refractivity contribution in [2.24, 2.45) is 0 Å². The number of rotatable bonds is 7. The number of nitrogens with one attached hydrogen (secondary N) is 1. The molecule has 0 bridgehead atoms. The van der Waals surface area contributed by atoms with E-state index >= 15 is 0 Å². The van der Waals surface area contributed by atoms with Crippen LogP contribution in [0.3, 0.4) is 0 Å². The molecule has 7 heteroatoms. The Kier molecular flexibility index (Phi) is 5.57. The molecule has 0 spiro atoms. The van der Waals surface area contributed by atoms with E-state index in [2.05, 4.69) is 5.32 Å². The molecule has 2 atom stereocenters. The molecule has 1 aliphatic heterocycles. The zero-order chi connectivity index (χ0) is 15.6. The van der Waals surface area contributed by atoms with Crippen LogP contribution in [0.2, 0.25) is 0 Å². The Balaban J connectivity index is 2.57. The fraction of sp³-hybridized carbons (Fsp3) is 0.923. The van der Waals surface area contributed by atoms with Gasteiger partial charge in [-0.05, 0) is 40.7 Å². The number of sulfone groups is 1. The minimum atomic E-state index is -2.90. The number of aliphatic carboxylic acids is 1. The third kappa shape index (κ3) is 4.71. The van der Waals surface area contributed by atoms with Crippen LogP contribution in [0, 0.1) is 0 Å². The molecule has 0 aromatic rings. The van der Waals surface area contributed by atoms with Crippen molar-refractivity contribution in [3.8, 4) is 0 Å². The van der Waals surface area contributed by atoms with Crippen LogP contribution >= 0.6 is 0 Å². The molecule has 1 saturated heterocycles. The standard InChI is InChI=1S/C13H26N2O4S/c1-10(2)14-13(3,12(16)17)6-7-15(4)11-5-8-20(18,19)9-11/h10-11,14H,5-9H2,1-4H3,(H,16,17). The molecule has 0 saturated carbocycles. The average molecular weight is 306 g/mol. The van der Waals surface area contributed by atoms with E-state index in [1.165, 1.54) is 0 Å². The summed E-state index contributed by atoms with van der Waals surface area (Å²) in [6, 6.07) is 0.0883. The molecule has 2 N–H and O–H groups in total. The van der Waals surface area contributed by atoms with Crippen molar-refractivity contribution in [2.45, 2.75) is 51.2 Å². The monoisotopic (exact) mass is 306 g/mol. The zero-order valence-electron chi connectivity index (χ0n) is 12.7. The van der Waals surface area contributed by atoms with Crippen LogP contribution in [0.1, 0.15) is 33.6 Å². The Morgan fingerprint density at radius 1 is 1.50 bits per heavy atom. The highest BCUT2D eigenvalue weighted by atomic mass is 32.2. The van der Waals surface area contributed by atoms with Crippen LogP contribution in [-0.4, -0.2) is 67.1 Å². The lowest BCUT2D eigenvalue weighted by molar-refractivity contribution is -0.145. The van der Waals surface area contributed by atoms with E-state index in [1.54, 1.807) is 6.92 Å². The van der Waals surface area contributed by atoms with Gasteiger partial charge in [0.2, 0.25) is 0 Å². The highest BCUT2D eigenvalue weighted by Crippen LogP contribution is 2.19. The van der Waals surface area contributed by atoms with E-state index in [0.717, 1.165) is 0 Å². The SMILES string of the molecule is CC(C)NC(C)(CCN(C)C1CCS(=O)(=O)C1)C(=O)O. The first-order valence-electron chi connectivity index (χ1n) is 6.97. The first-order chi connectivity index (χ1) is 9.06. The van der Waals surface area contributed by atoms with E-state index < -0.39 is 21.3 Å². The minimum absolute atomic E-state index is 0.0112. The van der Waals surface area contributed by atoms with Crippen LogP contribution in [-0.2, 0) is 14.6 Å². The summed E-state index contributed by atoms with van der Waals surface area (Å²) < 4.78 is 22.9. The number of carbonyl (C=O) groups is 1. The van der Waals surface area contributed by atoms with Gasteiger partial charge >= 0.3 is 5.97 Å². The van der Waals surface area contributed by atoms with Gasteiger partial charge in [-0.2, -0.15) is 0 Å². The lowest BCUT2D eigenvalue weighted by atomic mass is 9.96. The highest BCUT2D eigenvalue weighted by molar-refractivity contribution is 7.91. The maximum atomic E-state index is 11.5. The molecule has 2 unspecified atom stereocenters. The second-order valence-electron chi connectivity index (χ2n) is 6.22. The van der Waals surface area contributed by atoms with Gasteiger partial charge in [0.25, 0.3) is 0 Å². The predicted molar refractivity (Wildman–Crippen MR) is 78.6 cm³/mol. The molecular formula is C13H26N2O4S. The number of carboxylic acid groups (broad SMARTS) is 1. The number of hydrogen-bond donors (Lipinski definition) is 2. The lowest BCUT2D eigenvalue weighted by Crippen LogP contribution is -2.54. The van der Waals surface area contributed by atoms with Gasteiger partial charge in [-0.15, -0.1) is 0 Å². The van der Waals surface area contributed by atoms with Crippen LogP contribution in [0.5, 0.6) is 0 Å². The maximum Gasteiger partial charge on any atom is 0.323 e. The quantitative estimate of drug-likeness (QED) is 0.705. The molecule has 0 aromatic carbocycles. The van der Waals surface area contributed by atoms with Gasteiger partial charge in [-0.3, -0.25) is 10.1 Å². The summed E-state index contributed by atoms with van der Waals surface area (Å²) in [5, 5.41) is 12.4. The topological polar surface area (TPSA) is 86.7 Å². The predicted octanol–water partition coefficient (Wildman–Crippen LogP) is 0.337. The Morgan fingerprint density at radius 2 is 2.10 bits per heavy atom. The summed E-state index contributed by atoms with van der Waals surface area (Å²) in [6.45, 7) is 6.06. The largest absolute Gasteiger partial charge is 0.480 e. The molecule has 20 heavy (non-hydrogen) atoms. The molecule has 1 heterocycles. The van der Waals surface area contributed by atoms with Gasteiger partial charge in [-0.25, -0.2) is 8.42 Å². The summed E-state index contributed by atoms with van der Waals surface area (Å²) >= 11 is 0. The Morgan fingerprint density at radius 3 is 2.50 bits per heavy atom. The summed E-state index contributed by atoms with van der Waals surface area (Å²) in [6.07, 6.45) is 1.08. The number of hydrogen-bond acceptors (Lipinski definition) is 5. The van der Waals surface area contributed by atoms with Gasteiger partial charge in [0.15, 0.2) is 9.84 Å². The van der Waals surface area contributed by atoms with Crippen LogP contribution in [0.25, 0.3) is 0 Å². The van der Waals surface area contributed by atoms with E-state index in [9.17, 15) is 18.3 Å². The number of carboxylic acids is 1. The fourth-order valence-electron chi connectivity index (χ4n) is 2.58. The molecule has 0 amide bonds. The van der Waals surface area contributed by atoms with Gasteiger partial charge in [0, 0.05) is 18.6 Å². The van der Waals surface area contributed by atoms with Crippen molar-refractivity contribution >= 4 is 15.8 Å². The Hall–Kier alpha value is -0.660. The molecule has 1 fully saturated rings. The summed E-state index contributed by atoms with van der Waals surface area (Å²) in [7, 11) is -1.04. The van der Waals surface area contributed by atoms with Gasteiger partial charge < -0.3 is 10.0 Å². The van der Waals surface area contributed by atoms with E-state index in [4.69, 9.17) is 0 Å². The number of nitrogens with zero attached hydrogens (tertiary/aromatic N) is 1. The smallest absolute Gasteiger partial charge is 0.323 e. The van der Waals surface area contributed by atoms with E-state index in [0.29, 0.717) is 19.4 Å². The van der Waals surface area contributed by atoms with Crippen LogP contribution in [0.15, 0.2) is 0 Å². The first kappa shape index (κ1) is 17.4. The molecule has 118 valence electrons. The van der Waals surface area contributed by atoms with Crippen molar-refractivity contribution in [1.82, 2.24) is 10.2 Å². The highest BCUT2D eigenvalue weighted by Gasteiger charge is 2.35. The molecule has 0 aliphatic carbocycles. The fourth-order valence-corrected chi connectivity index (χ4v) is 4.39. The maximum absolute atomic E-state index is 11.5. The van der Waals surface area contributed by atoms with E-state index in [-0.39, 0.29) is 23.6 Å². The van der Waals surface area contributed by atoms with Crippen LogP contribution in [0.4, 0.5) is 0 Å². The summed E-state index contributed by atoms with van der Waals surface area (Å²) in [4.78, 5) is 13.4. The second kappa shape index (κ2) is 6.41. The van der Waals surface area contributed by atoms with Crippen molar-refractivity contribution in [3.05, 3.63) is 0 Å². The van der Waals surface area contributed by atoms with Crippen molar-refractivity contribution in [1.29, 1.82) is 0 Å². The normalized spacial score (nSPS) is 25.0. The van der Waals surface area contributed by atoms with Crippen molar-refractivity contribution < 1.29 is 18.3 Å². The summed E-state index contributed by atoms with van der Waals surface area (Å²) in [5.74, 6) is -0.452. The lowest BCUT2D eigenvalue weighted by Gasteiger charge is -2.32. The van der Waals surface area contributed by atoms with Gasteiger partial charge in [0.1, 0.15) is 5.54 Å².